The van der Waals surface area contributed by atoms with E-state index in [1.807, 2.05) is 11.9 Å². The molecule has 0 saturated carbocycles. The van der Waals surface area contributed by atoms with Gasteiger partial charge in [-0.1, -0.05) is 0 Å². The normalized spacial score (nSPS) is 35.8. The second kappa shape index (κ2) is 6.50. The first kappa shape index (κ1) is 19.3. The predicted octanol–water partition coefficient (Wildman–Crippen LogP) is -0.748. The SMILES string of the molecule is COC12C(COC(N)=O)C3=C(C(=O)C(C)=C(NCCS)C3=O)N1CC1C2N1C. The van der Waals surface area contributed by atoms with Crippen LogP contribution in [-0.2, 0) is 19.1 Å². The molecule has 0 aromatic rings. The molecule has 3 N–H and O–H groups in total. The van der Waals surface area contributed by atoms with Crippen LogP contribution < -0.4 is 11.1 Å². The molecule has 0 aromatic heterocycles. The number of allylic oxidation sites excluding steroid dienone is 2. The van der Waals surface area contributed by atoms with E-state index in [2.05, 4.69) is 22.8 Å². The van der Waals surface area contributed by atoms with Gasteiger partial charge in [0.05, 0.1) is 23.4 Å². The smallest absolute Gasteiger partial charge is 0.404 e. The number of methoxy groups -OCH3 is 1. The molecule has 10 heteroatoms. The zero-order chi connectivity index (χ0) is 20.4. The molecular weight excluding hydrogens is 384 g/mol. The Labute approximate surface area is 168 Å². The fourth-order valence-corrected chi connectivity index (χ4v) is 5.22. The van der Waals surface area contributed by atoms with E-state index in [-0.39, 0.29) is 36.0 Å². The van der Waals surface area contributed by atoms with Crippen LogP contribution in [0.4, 0.5) is 4.79 Å². The van der Waals surface area contributed by atoms with Gasteiger partial charge in [-0.05, 0) is 14.0 Å². The summed E-state index contributed by atoms with van der Waals surface area (Å²) in [5, 5.41) is 3.02. The molecule has 5 atom stereocenters. The second-order valence-corrected chi connectivity index (χ2v) is 7.94. The Morgan fingerprint density at radius 1 is 1.39 bits per heavy atom. The Bertz CT molecular complexity index is 840. The number of ketones is 2. The largest absolute Gasteiger partial charge is 0.449 e. The third-order valence-corrected chi connectivity index (χ3v) is 6.58. The fourth-order valence-electron chi connectivity index (χ4n) is 5.11. The standard InChI is InChI=1S/C18H24N4O5S/c1-8-12(20-4-5-28)15(24)11-9(7-27-17(19)25)18(26-3)16-10(21(16)2)6-22(18)13(11)14(8)23/h9-10,16,20,28H,4-7H2,1-3H3,(H2,19,25). The molecular formula is C18H24N4O5S. The molecule has 9 nitrogen and oxygen atoms in total. The van der Waals surface area contributed by atoms with Crippen LogP contribution in [0, 0.1) is 5.92 Å². The lowest BCUT2D eigenvalue weighted by molar-refractivity contribution is -0.144. The molecule has 1 amide bonds. The van der Waals surface area contributed by atoms with Gasteiger partial charge < -0.3 is 25.4 Å². The average Bonchev–Trinajstić information content (AvgIpc) is 3.04. The number of primary amides is 1. The lowest BCUT2D eigenvalue weighted by Crippen LogP contribution is -2.55. The number of ether oxygens (including phenoxy) is 2. The third kappa shape index (κ3) is 2.31. The Hall–Kier alpha value is -2.04. The minimum atomic E-state index is -0.940. The summed E-state index contributed by atoms with van der Waals surface area (Å²) in [6.45, 7) is 2.54. The molecule has 0 spiro atoms. The van der Waals surface area contributed by atoms with E-state index < -0.39 is 17.7 Å². The van der Waals surface area contributed by atoms with Gasteiger partial charge in [0.25, 0.3) is 0 Å². The number of likely N-dealkylation sites (N-methyl/N-ethyl adjacent to an activating group) is 1. The molecule has 0 bridgehead atoms. The first-order chi connectivity index (χ1) is 13.3. The first-order valence-corrected chi connectivity index (χ1v) is 9.80. The molecule has 0 radical (unpaired) electrons. The van der Waals surface area contributed by atoms with Gasteiger partial charge in [0.15, 0.2) is 5.72 Å². The van der Waals surface area contributed by atoms with Crippen LogP contribution in [-0.4, -0.2) is 84.9 Å². The number of thiol groups is 1. The molecule has 2 fully saturated rings. The highest BCUT2D eigenvalue weighted by Gasteiger charge is 2.75. The summed E-state index contributed by atoms with van der Waals surface area (Å²) in [5.41, 5.74) is 5.59. The maximum absolute atomic E-state index is 13.4. The Balaban J connectivity index is 1.80. The van der Waals surface area contributed by atoms with E-state index in [0.29, 0.717) is 35.7 Å². The number of fused-ring (bicyclic) bond motifs is 4. The number of nitrogens with one attached hydrogen (secondary N) is 1. The van der Waals surface area contributed by atoms with Crippen LogP contribution in [0.3, 0.4) is 0 Å². The summed E-state index contributed by atoms with van der Waals surface area (Å²) in [6.07, 6.45) is -0.930. The number of carbonyl (C=O) groups is 3. The number of amides is 1. The van der Waals surface area contributed by atoms with Crippen molar-refractivity contribution in [1.82, 2.24) is 15.1 Å². The lowest BCUT2D eigenvalue weighted by atomic mass is 9.82. The van der Waals surface area contributed by atoms with Crippen molar-refractivity contribution in [2.75, 3.05) is 39.6 Å². The maximum atomic E-state index is 13.4. The average molecular weight is 408 g/mol. The molecule has 4 aliphatic rings. The summed E-state index contributed by atoms with van der Waals surface area (Å²) in [4.78, 5) is 42.0. The Kier molecular flexibility index (Phi) is 4.48. The molecule has 3 aliphatic heterocycles. The summed E-state index contributed by atoms with van der Waals surface area (Å²) < 4.78 is 11.1. The van der Waals surface area contributed by atoms with Crippen molar-refractivity contribution in [2.45, 2.75) is 24.7 Å². The summed E-state index contributed by atoms with van der Waals surface area (Å²) in [6, 6.07) is 0.223. The van der Waals surface area contributed by atoms with Crippen molar-refractivity contribution >= 4 is 30.3 Å². The van der Waals surface area contributed by atoms with Gasteiger partial charge in [0.2, 0.25) is 11.6 Å². The van der Waals surface area contributed by atoms with Crippen LogP contribution in [0.1, 0.15) is 6.92 Å². The molecule has 152 valence electrons. The number of Topliss-reactive ketones (excluding diaryl/α,β-unsaturated/α-hetero) is 2. The van der Waals surface area contributed by atoms with Crippen molar-refractivity contribution in [3.63, 3.8) is 0 Å². The summed E-state index contributed by atoms with van der Waals surface area (Å²) in [5.74, 6) is -0.570. The number of piperazine rings is 1. The molecule has 1 aliphatic carbocycles. The van der Waals surface area contributed by atoms with Gasteiger partial charge in [-0.25, -0.2) is 4.79 Å². The predicted molar refractivity (Wildman–Crippen MR) is 102 cm³/mol. The number of carbonyl (C=O) groups excluding carboxylic acids is 3. The maximum Gasteiger partial charge on any atom is 0.404 e. The quantitative estimate of drug-likeness (QED) is 0.299. The van der Waals surface area contributed by atoms with Gasteiger partial charge in [-0.3, -0.25) is 14.5 Å². The van der Waals surface area contributed by atoms with Gasteiger partial charge in [0.1, 0.15) is 6.61 Å². The van der Waals surface area contributed by atoms with E-state index >= 15 is 0 Å². The molecule has 28 heavy (non-hydrogen) atoms. The Morgan fingerprint density at radius 2 is 2.11 bits per heavy atom. The van der Waals surface area contributed by atoms with Gasteiger partial charge in [-0.2, -0.15) is 12.6 Å². The molecule has 2 saturated heterocycles. The van der Waals surface area contributed by atoms with Crippen LogP contribution in [0.15, 0.2) is 22.5 Å². The Morgan fingerprint density at radius 3 is 2.71 bits per heavy atom. The molecule has 4 rings (SSSR count). The number of rotatable bonds is 6. The highest BCUT2D eigenvalue weighted by Crippen LogP contribution is 2.59. The van der Waals surface area contributed by atoms with E-state index in [1.165, 1.54) is 0 Å². The van der Waals surface area contributed by atoms with Crippen LogP contribution >= 0.6 is 12.6 Å². The highest BCUT2D eigenvalue weighted by molar-refractivity contribution is 7.80. The highest BCUT2D eigenvalue weighted by atomic mass is 32.1. The minimum Gasteiger partial charge on any atom is -0.449 e. The van der Waals surface area contributed by atoms with Crippen molar-refractivity contribution in [1.29, 1.82) is 0 Å². The van der Waals surface area contributed by atoms with Gasteiger partial charge in [0, 0.05) is 43.1 Å². The van der Waals surface area contributed by atoms with Gasteiger partial charge >= 0.3 is 6.09 Å². The number of nitrogens with zero attached hydrogens (tertiary/aromatic N) is 2. The molecule has 3 heterocycles. The monoisotopic (exact) mass is 408 g/mol. The van der Waals surface area contributed by atoms with Crippen molar-refractivity contribution < 1.29 is 23.9 Å². The molecule has 5 unspecified atom stereocenters. The zero-order valence-electron chi connectivity index (χ0n) is 16.0. The van der Waals surface area contributed by atoms with Crippen LogP contribution in [0.25, 0.3) is 0 Å². The van der Waals surface area contributed by atoms with E-state index in [1.54, 1.807) is 14.0 Å². The zero-order valence-corrected chi connectivity index (χ0v) is 16.9. The lowest BCUT2D eigenvalue weighted by Gasteiger charge is -2.40. The van der Waals surface area contributed by atoms with Crippen molar-refractivity contribution in [3.8, 4) is 0 Å². The number of hydrogen-bond acceptors (Lipinski definition) is 9. The minimum absolute atomic E-state index is 0.000617. The van der Waals surface area contributed by atoms with E-state index in [9.17, 15) is 14.4 Å². The topological polar surface area (TPSA) is 114 Å². The first-order valence-electron chi connectivity index (χ1n) is 9.17. The second-order valence-electron chi connectivity index (χ2n) is 7.50. The van der Waals surface area contributed by atoms with Crippen molar-refractivity contribution in [2.24, 2.45) is 11.7 Å². The van der Waals surface area contributed by atoms with Crippen LogP contribution in [0.5, 0.6) is 0 Å². The van der Waals surface area contributed by atoms with E-state index in [4.69, 9.17) is 15.2 Å². The summed E-state index contributed by atoms with van der Waals surface area (Å²) >= 11 is 4.16. The van der Waals surface area contributed by atoms with E-state index in [0.717, 1.165) is 0 Å². The number of nitrogens with two attached hydrogens (primary N) is 1. The number of hydrogen-bond donors (Lipinski definition) is 3. The summed E-state index contributed by atoms with van der Waals surface area (Å²) in [7, 11) is 3.54. The molecule has 0 aromatic carbocycles. The van der Waals surface area contributed by atoms with Crippen LogP contribution in [0.2, 0.25) is 0 Å². The fraction of sp³-hybridized carbons (Fsp3) is 0.611. The third-order valence-electron chi connectivity index (χ3n) is 6.36. The van der Waals surface area contributed by atoms with Gasteiger partial charge in [-0.15, -0.1) is 0 Å². The van der Waals surface area contributed by atoms with Crippen molar-refractivity contribution in [3.05, 3.63) is 22.5 Å².